The lowest BCUT2D eigenvalue weighted by molar-refractivity contribution is -0.171. The molecule has 0 unspecified atom stereocenters. The topological polar surface area (TPSA) is 42.4 Å². The van der Waals surface area contributed by atoms with Gasteiger partial charge in [-0.3, -0.25) is 9.78 Å². The lowest BCUT2D eigenvalue weighted by atomic mass is 9.90. The predicted molar refractivity (Wildman–Crippen MR) is 74.6 cm³/mol. The summed E-state index contributed by atoms with van der Waals surface area (Å²) in [5, 5.41) is 0. The number of aromatic nitrogens is 1. The van der Waals surface area contributed by atoms with E-state index < -0.39 is 31.5 Å². The highest BCUT2D eigenvalue weighted by molar-refractivity contribution is 5.77. The summed E-state index contributed by atoms with van der Waals surface area (Å²) >= 11 is 0. The number of piperidine rings is 1. The van der Waals surface area contributed by atoms with Crippen LogP contribution in [0.15, 0.2) is 24.5 Å². The second-order valence-corrected chi connectivity index (χ2v) is 5.49. The fourth-order valence-electron chi connectivity index (χ4n) is 2.53. The van der Waals surface area contributed by atoms with E-state index in [9.17, 15) is 22.4 Å². The predicted octanol–water partition coefficient (Wildman–Crippen LogP) is 2.70. The van der Waals surface area contributed by atoms with Crippen LogP contribution in [0.2, 0.25) is 0 Å². The Morgan fingerprint density at radius 1 is 1.30 bits per heavy atom. The third kappa shape index (κ3) is 4.89. The second kappa shape index (κ2) is 7.72. The van der Waals surface area contributed by atoms with Gasteiger partial charge in [0.15, 0.2) is 0 Å². The summed E-state index contributed by atoms with van der Waals surface area (Å²) in [6, 6.07) is 3.86. The number of carbonyl (C=O) groups is 1. The van der Waals surface area contributed by atoms with Gasteiger partial charge in [-0.25, -0.2) is 8.78 Å². The third-order valence-electron chi connectivity index (χ3n) is 3.86. The minimum absolute atomic E-state index is 0.325. The Balaban J connectivity index is 1.74. The lowest BCUT2D eigenvalue weighted by Gasteiger charge is -2.32. The van der Waals surface area contributed by atoms with Gasteiger partial charge >= 0.3 is 12.3 Å². The molecule has 2 heterocycles. The van der Waals surface area contributed by atoms with E-state index in [1.807, 2.05) is 12.1 Å². The molecule has 1 aliphatic rings. The van der Waals surface area contributed by atoms with E-state index in [4.69, 9.17) is 0 Å². The summed E-state index contributed by atoms with van der Waals surface area (Å²) < 4.78 is 53.7. The van der Waals surface area contributed by atoms with Crippen molar-refractivity contribution < 1.29 is 27.1 Å². The van der Waals surface area contributed by atoms with E-state index in [-0.39, 0.29) is 0 Å². The molecule has 0 aromatic carbocycles. The van der Waals surface area contributed by atoms with E-state index in [2.05, 4.69) is 9.72 Å². The van der Waals surface area contributed by atoms with Crippen molar-refractivity contribution in [2.24, 2.45) is 0 Å². The molecule has 0 spiro atoms. The van der Waals surface area contributed by atoms with Crippen molar-refractivity contribution in [3.05, 3.63) is 30.1 Å². The van der Waals surface area contributed by atoms with Crippen LogP contribution in [0, 0.1) is 0 Å². The Bertz CT molecular complexity index is 505. The first-order valence-corrected chi connectivity index (χ1v) is 7.31. The van der Waals surface area contributed by atoms with Crippen LogP contribution in [0.1, 0.15) is 24.3 Å². The largest absolute Gasteiger partial charge is 0.365 e. The van der Waals surface area contributed by atoms with E-state index >= 15 is 0 Å². The van der Waals surface area contributed by atoms with E-state index in [1.165, 1.54) is 4.90 Å². The number of ether oxygens (including phenoxy) is 1. The van der Waals surface area contributed by atoms with Gasteiger partial charge in [-0.1, -0.05) is 0 Å². The van der Waals surface area contributed by atoms with Crippen molar-refractivity contribution in [3.8, 4) is 0 Å². The molecule has 2 rings (SSSR count). The number of nitrogens with zero attached hydrogens (tertiary/aromatic N) is 2. The Morgan fingerprint density at radius 2 is 1.91 bits per heavy atom. The Labute approximate surface area is 131 Å². The highest BCUT2D eigenvalue weighted by atomic mass is 19.3. The van der Waals surface area contributed by atoms with Gasteiger partial charge in [0.25, 0.3) is 0 Å². The van der Waals surface area contributed by atoms with Crippen molar-refractivity contribution >= 4 is 5.91 Å². The Hall–Kier alpha value is -1.70. The van der Waals surface area contributed by atoms with Crippen LogP contribution < -0.4 is 0 Å². The van der Waals surface area contributed by atoms with E-state index in [0.717, 1.165) is 18.4 Å². The van der Waals surface area contributed by atoms with Crippen molar-refractivity contribution in [3.63, 3.8) is 0 Å². The van der Waals surface area contributed by atoms with Crippen LogP contribution >= 0.6 is 0 Å². The van der Waals surface area contributed by atoms with Gasteiger partial charge in [0.1, 0.15) is 13.2 Å². The quantitative estimate of drug-likeness (QED) is 0.751. The monoisotopic (exact) mass is 334 g/mol. The molecule has 0 atom stereocenters. The summed E-state index contributed by atoms with van der Waals surface area (Å²) in [4.78, 5) is 17.3. The van der Waals surface area contributed by atoms with Gasteiger partial charge in [0.05, 0.1) is 0 Å². The number of carbonyl (C=O) groups excluding carboxylic acids is 1. The molecule has 1 aliphatic heterocycles. The number of amides is 1. The van der Waals surface area contributed by atoms with Crippen molar-refractivity contribution in [1.29, 1.82) is 0 Å². The highest BCUT2D eigenvalue weighted by Crippen LogP contribution is 2.27. The van der Waals surface area contributed by atoms with Crippen LogP contribution in [0.4, 0.5) is 17.6 Å². The molecular formula is C15H18F4N2O2. The maximum atomic E-state index is 12.7. The number of halogens is 4. The number of hydrogen-bond acceptors (Lipinski definition) is 3. The van der Waals surface area contributed by atoms with Crippen LogP contribution in [-0.4, -0.2) is 54.4 Å². The molecular weight excluding hydrogens is 316 g/mol. The zero-order valence-corrected chi connectivity index (χ0v) is 12.4. The average Bonchev–Trinajstić information content (AvgIpc) is 2.55. The second-order valence-electron chi connectivity index (χ2n) is 5.49. The number of likely N-dealkylation sites (tertiary alicyclic amines) is 1. The van der Waals surface area contributed by atoms with Crippen LogP contribution in [0.25, 0.3) is 0 Å². The number of pyridine rings is 1. The molecule has 1 aromatic rings. The molecule has 128 valence electrons. The summed E-state index contributed by atoms with van der Waals surface area (Å²) in [5.41, 5.74) is 1.15. The number of rotatable bonds is 6. The maximum Gasteiger partial charge on any atom is 0.330 e. The third-order valence-corrected chi connectivity index (χ3v) is 3.86. The van der Waals surface area contributed by atoms with Gasteiger partial charge in [-0.15, -0.1) is 0 Å². The summed E-state index contributed by atoms with van der Waals surface area (Å²) in [6.45, 7) is -1.09. The van der Waals surface area contributed by atoms with Gasteiger partial charge < -0.3 is 9.64 Å². The zero-order valence-electron chi connectivity index (χ0n) is 12.4. The Kier molecular flexibility index (Phi) is 5.92. The fourth-order valence-corrected chi connectivity index (χ4v) is 2.53. The SMILES string of the molecule is O=C(COCC(F)(F)C(F)F)N1CCC(c2ccncc2)CC1. The minimum Gasteiger partial charge on any atom is -0.365 e. The molecule has 1 saturated heterocycles. The average molecular weight is 334 g/mol. The molecule has 0 radical (unpaired) electrons. The number of alkyl halides is 4. The smallest absolute Gasteiger partial charge is 0.330 e. The van der Waals surface area contributed by atoms with Crippen molar-refractivity contribution in [2.75, 3.05) is 26.3 Å². The van der Waals surface area contributed by atoms with Crippen molar-refractivity contribution in [2.45, 2.75) is 31.1 Å². The molecule has 23 heavy (non-hydrogen) atoms. The maximum absolute atomic E-state index is 12.7. The normalized spacial score (nSPS) is 16.8. The molecule has 1 amide bonds. The molecule has 0 saturated carbocycles. The van der Waals surface area contributed by atoms with Gasteiger partial charge in [0.2, 0.25) is 5.91 Å². The molecule has 0 N–H and O–H groups in total. The summed E-state index contributed by atoms with van der Waals surface area (Å²) in [7, 11) is 0. The molecule has 1 fully saturated rings. The summed E-state index contributed by atoms with van der Waals surface area (Å²) in [6.07, 6.45) is 1.13. The molecule has 1 aromatic heterocycles. The Morgan fingerprint density at radius 3 is 2.48 bits per heavy atom. The summed E-state index contributed by atoms with van der Waals surface area (Å²) in [5.74, 6) is -4.36. The van der Waals surface area contributed by atoms with Crippen LogP contribution in [0.3, 0.4) is 0 Å². The molecule has 0 bridgehead atoms. The van der Waals surface area contributed by atoms with E-state index in [0.29, 0.717) is 19.0 Å². The zero-order chi connectivity index (χ0) is 16.9. The first-order valence-electron chi connectivity index (χ1n) is 7.31. The first-order chi connectivity index (χ1) is 10.9. The van der Waals surface area contributed by atoms with Gasteiger partial charge in [-0.05, 0) is 36.5 Å². The first kappa shape index (κ1) is 17.7. The molecule has 8 heteroatoms. The number of hydrogen-bond donors (Lipinski definition) is 0. The van der Waals surface area contributed by atoms with Crippen molar-refractivity contribution in [1.82, 2.24) is 9.88 Å². The molecule has 0 aliphatic carbocycles. The lowest BCUT2D eigenvalue weighted by Crippen LogP contribution is -2.41. The standard InChI is InChI=1S/C15H18F4N2O2/c16-14(17)15(18,19)10-23-9-13(22)21-7-3-12(4-8-21)11-1-5-20-6-2-11/h1-2,5-6,12,14H,3-4,7-10H2. The minimum atomic E-state index is -4.23. The van der Waals surface area contributed by atoms with Gasteiger partial charge in [-0.2, -0.15) is 8.78 Å². The fraction of sp³-hybridized carbons (Fsp3) is 0.600. The van der Waals surface area contributed by atoms with Crippen LogP contribution in [-0.2, 0) is 9.53 Å². The highest BCUT2D eigenvalue weighted by Gasteiger charge is 2.41. The van der Waals surface area contributed by atoms with Gasteiger partial charge in [0, 0.05) is 25.5 Å². The van der Waals surface area contributed by atoms with Crippen LogP contribution in [0.5, 0.6) is 0 Å². The molecule has 4 nitrogen and oxygen atoms in total. The van der Waals surface area contributed by atoms with E-state index in [1.54, 1.807) is 12.4 Å².